The van der Waals surface area contributed by atoms with Crippen molar-refractivity contribution < 1.29 is 23.7 Å². The molecule has 0 saturated heterocycles. The second kappa shape index (κ2) is 10.1. The molecule has 0 radical (unpaired) electrons. The standard InChI is InChI=1S/C28H25Cl2NO5/c1-16-27-19(14-31(15-35-27)9-8-17-4-5-20(29)13-23(17)30)11-22-26(32)25(36-28(16)22)12-18-10-21(33-2)6-7-24(18)34-3/h4-7,10-13H,8-9,14-15H2,1-3H3/b25-12-. The molecule has 0 unspecified atom stereocenters. The van der Waals surface area contributed by atoms with Crippen LogP contribution in [0.15, 0.2) is 48.2 Å². The van der Waals surface area contributed by atoms with Crippen molar-refractivity contribution >= 4 is 35.1 Å². The number of rotatable bonds is 6. The predicted octanol–water partition coefficient (Wildman–Crippen LogP) is 6.33. The van der Waals surface area contributed by atoms with Gasteiger partial charge in [-0.1, -0.05) is 29.3 Å². The number of hydrogen-bond acceptors (Lipinski definition) is 6. The topological polar surface area (TPSA) is 57.2 Å². The van der Waals surface area contributed by atoms with Crippen LogP contribution in [-0.4, -0.2) is 38.2 Å². The molecule has 3 aromatic rings. The van der Waals surface area contributed by atoms with Gasteiger partial charge < -0.3 is 18.9 Å². The van der Waals surface area contributed by atoms with Crippen LogP contribution in [0, 0.1) is 6.92 Å². The van der Waals surface area contributed by atoms with Gasteiger partial charge >= 0.3 is 0 Å². The number of methoxy groups -OCH3 is 2. The monoisotopic (exact) mass is 525 g/mol. The summed E-state index contributed by atoms with van der Waals surface area (Å²) >= 11 is 12.3. The third-order valence-electron chi connectivity index (χ3n) is 6.44. The van der Waals surface area contributed by atoms with Gasteiger partial charge in [-0.2, -0.15) is 0 Å². The summed E-state index contributed by atoms with van der Waals surface area (Å²) < 4.78 is 22.9. The first kappa shape index (κ1) is 24.5. The van der Waals surface area contributed by atoms with Crippen LogP contribution in [-0.2, 0) is 13.0 Å². The van der Waals surface area contributed by atoms with Crippen LogP contribution in [0.1, 0.15) is 32.6 Å². The van der Waals surface area contributed by atoms with Crippen molar-refractivity contribution in [3.8, 4) is 23.0 Å². The van der Waals surface area contributed by atoms with Crippen LogP contribution >= 0.6 is 23.2 Å². The third kappa shape index (κ3) is 4.64. The number of halogens is 2. The molecule has 0 aromatic heterocycles. The Balaban J connectivity index is 1.38. The SMILES string of the molecule is COc1ccc(OC)c(/C=C2\Oc3c(cc4c(c3C)OCN(CCc3ccc(Cl)cc3Cl)C4)C2=O)c1. The van der Waals surface area contributed by atoms with Crippen molar-refractivity contribution in [3.05, 3.63) is 86.1 Å². The van der Waals surface area contributed by atoms with E-state index in [2.05, 4.69) is 4.90 Å². The molecule has 0 spiro atoms. The van der Waals surface area contributed by atoms with Crippen LogP contribution in [0.4, 0.5) is 0 Å². The molecule has 2 heterocycles. The van der Waals surface area contributed by atoms with Crippen LogP contribution < -0.4 is 18.9 Å². The number of carbonyl (C=O) groups excluding carboxylic acids is 1. The Morgan fingerprint density at radius 1 is 1.06 bits per heavy atom. The molecular weight excluding hydrogens is 501 g/mol. The van der Waals surface area contributed by atoms with Gasteiger partial charge in [0.05, 0.1) is 19.8 Å². The fourth-order valence-electron chi connectivity index (χ4n) is 4.54. The second-order valence-corrected chi connectivity index (χ2v) is 9.57. The Hall–Kier alpha value is -3.19. The van der Waals surface area contributed by atoms with E-state index in [9.17, 15) is 4.79 Å². The molecule has 36 heavy (non-hydrogen) atoms. The maximum Gasteiger partial charge on any atom is 0.231 e. The summed E-state index contributed by atoms with van der Waals surface area (Å²) in [5, 5.41) is 1.28. The van der Waals surface area contributed by atoms with E-state index in [1.54, 1.807) is 44.6 Å². The minimum absolute atomic E-state index is 0.175. The van der Waals surface area contributed by atoms with E-state index >= 15 is 0 Å². The van der Waals surface area contributed by atoms with Gasteiger partial charge in [-0.15, -0.1) is 0 Å². The number of allylic oxidation sites excluding steroid dienone is 1. The summed E-state index contributed by atoms with van der Waals surface area (Å²) in [5.41, 5.74) is 4.03. The van der Waals surface area contributed by atoms with Crippen LogP contribution in [0.5, 0.6) is 23.0 Å². The van der Waals surface area contributed by atoms with Gasteiger partial charge in [0.25, 0.3) is 0 Å². The summed E-state index contributed by atoms with van der Waals surface area (Å²) in [6, 6.07) is 12.8. The Morgan fingerprint density at radius 3 is 2.64 bits per heavy atom. The molecule has 5 rings (SSSR count). The van der Waals surface area contributed by atoms with Gasteiger partial charge in [-0.05, 0) is 61.4 Å². The number of ketones is 1. The molecule has 3 aromatic carbocycles. The summed E-state index contributed by atoms with van der Waals surface area (Å²) in [7, 11) is 3.17. The van der Waals surface area contributed by atoms with Crippen molar-refractivity contribution in [2.24, 2.45) is 0 Å². The first-order valence-electron chi connectivity index (χ1n) is 11.5. The Bertz CT molecular complexity index is 1380. The van der Waals surface area contributed by atoms with Crippen LogP contribution in [0.25, 0.3) is 6.08 Å². The minimum atomic E-state index is -0.175. The summed E-state index contributed by atoms with van der Waals surface area (Å²) in [6.07, 6.45) is 2.45. The first-order valence-corrected chi connectivity index (χ1v) is 12.3. The molecule has 2 aliphatic rings. The lowest BCUT2D eigenvalue weighted by Gasteiger charge is -2.30. The highest BCUT2D eigenvalue weighted by atomic mass is 35.5. The lowest BCUT2D eigenvalue weighted by Crippen LogP contribution is -2.34. The molecule has 0 aliphatic carbocycles. The number of carbonyl (C=O) groups is 1. The highest BCUT2D eigenvalue weighted by Crippen LogP contribution is 2.43. The molecule has 0 bridgehead atoms. The van der Waals surface area contributed by atoms with Crippen molar-refractivity contribution in [1.29, 1.82) is 0 Å². The minimum Gasteiger partial charge on any atom is -0.497 e. The largest absolute Gasteiger partial charge is 0.497 e. The third-order valence-corrected chi connectivity index (χ3v) is 7.02. The molecule has 0 fully saturated rings. The van der Waals surface area contributed by atoms with Crippen molar-refractivity contribution in [2.45, 2.75) is 19.9 Å². The molecule has 0 saturated carbocycles. The summed E-state index contributed by atoms with van der Waals surface area (Å²) in [6.45, 7) is 3.77. The van der Waals surface area contributed by atoms with Crippen LogP contribution in [0.2, 0.25) is 10.0 Å². The zero-order chi connectivity index (χ0) is 25.4. The maximum atomic E-state index is 13.3. The molecule has 186 valence electrons. The zero-order valence-electron chi connectivity index (χ0n) is 20.2. The summed E-state index contributed by atoms with van der Waals surface area (Å²) in [5.74, 6) is 2.63. The lowest BCUT2D eigenvalue weighted by atomic mass is 9.99. The van der Waals surface area contributed by atoms with Crippen molar-refractivity contribution in [1.82, 2.24) is 4.90 Å². The zero-order valence-corrected chi connectivity index (χ0v) is 21.7. The Labute approximate surface area is 219 Å². The van der Waals surface area contributed by atoms with Gasteiger partial charge in [-0.3, -0.25) is 9.69 Å². The van der Waals surface area contributed by atoms with E-state index in [1.165, 1.54) is 0 Å². The number of Topliss-reactive ketones (excluding diaryl/α,β-unsaturated/α-hetero) is 1. The predicted molar refractivity (Wildman–Crippen MR) is 140 cm³/mol. The van der Waals surface area contributed by atoms with Gasteiger partial charge in [0, 0.05) is 39.8 Å². The number of ether oxygens (including phenoxy) is 4. The fourth-order valence-corrected chi connectivity index (χ4v) is 5.04. The first-order chi connectivity index (χ1) is 17.4. The lowest BCUT2D eigenvalue weighted by molar-refractivity contribution is 0.0954. The van der Waals surface area contributed by atoms with Gasteiger partial charge in [-0.25, -0.2) is 0 Å². The molecule has 0 N–H and O–H groups in total. The number of fused-ring (bicyclic) bond motifs is 2. The average Bonchev–Trinajstić information content (AvgIpc) is 3.18. The molecule has 8 heteroatoms. The fraction of sp³-hybridized carbons (Fsp3) is 0.250. The molecule has 6 nitrogen and oxygen atoms in total. The second-order valence-electron chi connectivity index (χ2n) is 8.73. The Morgan fingerprint density at radius 2 is 1.89 bits per heavy atom. The molecule has 0 atom stereocenters. The molecule has 0 amide bonds. The molecule has 2 aliphatic heterocycles. The van der Waals surface area contributed by atoms with E-state index in [0.717, 1.165) is 35.4 Å². The summed E-state index contributed by atoms with van der Waals surface area (Å²) in [4.78, 5) is 15.5. The highest BCUT2D eigenvalue weighted by molar-refractivity contribution is 6.35. The van der Waals surface area contributed by atoms with Gasteiger partial charge in [0.15, 0.2) is 5.76 Å². The van der Waals surface area contributed by atoms with Gasteiger partial charge in [0.1, 0.15) is 29.7 Å². The average molecular weight is 526 g/mol. The number of benzene rings is 3. The quantitative estimate of drug-likeness (QED) is 0.350. The van der Waals surface area contributed by atoms with E-state index in [1.807, 2.05) is 25.1 Å². The van der Waals surface area contributed by atoms with E-state index in [-0.39, 0.29) is 11.5 Å². The van der Waals surface area contributed by atoms with E-state index < -0.39 is 0 Å². The van der Waals surface area contributed by atoms with Crippen LogP contribution in [0.3, 0.4) is 0 Å². The van der Waals surface area contributed by atoms with E-state index in [4.69, 9.17) is 42.1 Å². The Kier molecular flexibility index (Phi) is 6.84. The van der Waals surface area contributed by atoms with Gasteiger partial charge in [0.2, 0.25) is 5.78 Å². The number of nitrogens with zero attached hydrogens (tertiary/aromatic N) is 1. The van der Waals surface area contributed by atoms with Crippen molar-refractivity contribution in [2.75, 3.05) is 27.5 Å². The van der Waals surface area contributed by atoms with E-state index in [0.29, 0.717) is 51.7 Å². The smallest absolute Gasteiger partial charge is 0.231 e. The maximum absolute atomic E-state index is 13.3. The van der Waals surface area contributed by atoms with Crippen molar-refractivity contribution in [3.63, 3.8) is 0 Å². The molecular formula is C28H25Cl2NO5. The number of hydrogen-bond donors (Lipinski definition) is 0. The normalized spacial score (nSPS) is 15.8. The highest BCUT2D eigenvalue weighted by Gasteiger charge is 2.33.